The maximum Gasteiger partial charge on any atom is 0.245 e. The Morgan fingerprint density at radius 1 is 1.04 bits per heavy atom. The van der Waals surface area contributed by atoms with E-state index in [1.807, 2.05) is 30.3 Å². The molecule has 1 atom stereocenters. The van der Waals surface area contributed by atoms with Gasteiger partial charge in [-0.3, -0.25) is 4.79 Å². The van der Waals surface area contributed by atoms with E-state index in [1.165, 1.54) is 12.1 Å². The summed E-state index contributed by atoms with van der Waals surface area (Å²) in [7, 11) is -3.72. The number of halogens is 1. The molecule has 0 aromatic heterocycles. The van der Waals surface area contributed by atoms with Crippen molar-refractivity contribution in [2.45, 2.75) is 17.4 Å². The average Bonchev–Trinajstić information content (AvgIpc) is 2.89. The van der Waals surface area contributed by atoms with E-state index in [4.69, 9.17) is 0 Å². The lowest BCUT2D eigenvalue weighted by Gasteiger charge is -2.17. The molecule has 2 aromatic rings. The molecule has 0 unspecified atom stereocenters. The summed E-state index contributed by atoms with van der Waals surface area (Å²) in [6, 6.07) is 14.8. The van der Waals surface area contributed by atoms with Crippen LogP contribution in [0.3, 0.4) is 0 Å². The number of carbonyl (C=O) groups is 1. The molecule has 0 saturated carbocycles. The minimum Gasteiger partial charge on any atom is -0.311 e. The van der Waals surface area contributed by atoms with Crippen molar-refractivity contribution >= 4 is 37.5 Å². The van der Waals surface area contributed by atoms with Crippen LogP contribution in [0.15, 0.2) is 64.0 Å². The summed E-state index contributed by atoms with van der Waals surface area (Å²) >= 11 is 3.27. The molecule has 23 heavy (non-hydrogen) atoms. The monoisotopic (exact) mass is 394 g/mol. The summed E-state index contributed by atoms with van der Waals surface area (Å²) < 4.78 is 28.1. The zero-order valence-electron chi connectivity index (χ0n) is 12.1. The second-order valence-electron chi connectivity index (χ2n) is 5.24. The van der Waals surface area contributed by atoms with E-state index in [0.29, 0.717) is 13.0 Å². The van der Waals surface area contributed by atoms with Gasteiger partial charge in [0.25, 0.3) is 0 Å². The molecule has 1 aliphatic heterocycles. The normalized spacial score (nSPS) is 18.4. The maximum absolute atomic E-state index is 12.5. The molecular weight excluding hydrogens is 380 g/mol. The van der Waals surface area contributed by atoms with E-state index in [0.717, 1.165) is 10.2 Å². The Balaban J connectivity index is 1.76. The first-order valence-electron chi connectivity index (χ1n) is 7.12. The molecule has 0 radical (unpaired) electrons. The van der Waals surface area contributed by atoms with E-state index >= 15 is 0 Å². The molecule has 1 heterocycles. The Hall–Kier alpha value is -1.70. The third-order valence-electron chi connectivity index (χ3n) is 3.69. The minimum atomic E-state index is -3.72. The molecule has 0 spiro atoms. The van der Waals surface area contributed by atoms with Gasteiger partial charge in [0.1, 0.15) is 6.04 Å². The summed E-state index contributed by atoms with van der Waals surface area (Å²) in [4.78, 5) is 14.2. The van der Waals surface area contributed by atoms with Crippen molar-refractivity contribution in [2.24, 2.45) is 0 Å². The average molecular weight is 395 g/mol. The molecule has 5 nitrogen and oxygen atoms in total. The van der Waals surface area contributed by atoms with Crippen LogP contribution in [0, 0.1) is 0 Å². The van der Waals surface area contributed by atoms with Gasteiger partial charge in [-0.15, -0.1) is 0 Å². The van der Waals surface area contributed by atoms with Crippen LogP contribution in [-0.2, 0) is 14.8 Å². The Morgan fingerprint density at radius 3 is 2.35 bits per heavy atom. The van der Waals surface area contributed by atoms with Gasteiger partial charge in [0.05, 0.1) is 4.90 Å². The third kappa shape index (κ3) is 3.46. The summed E-state index contributed by atoms with van der Waals surface area (Å²) in [6.45, 7) is 0.496. The van der Waals surface area contributed by atoms with Gasteiger partial charge in [0, 0.05) is 16.7 Å². The van der Waals surface area contributed by atoms with Crippen LogP contribution in [0.5, 0.6) is 0 Å². The number of rotatable bonds is 4. The molecule has 120 valence electrons. The smallest absolute Gasteiger partial charge is 0.245 e. The van der Waals surface area contributed by atoms with Crippen LogP contribution in [0.2, 0.25) is 0 Å². The number of sulfonamides is 1. The summed E-state index contributed by atoms with van der Waals surface area (Å²) in [6.07, 6.45) is 0.448. The van der Waals surface area contributed by atoms with Crippen molar-refractivity contribution in [3.05, 3.63) is 59.1 Å². The number of nitrogens with one attached hydrogen (secondary N) is 1. The van der Waals surface area contributed by atoms with Crippen LogP contribution in [0.1, 0.15) is 6.42 Å². The van der Waals surface area contributed by atoms with E-state index in [9.17, 15) is 13.2 Å². The highest BCUT2D eigenvalue weighted by atomic mass is 79.9. The second-order valence-corrected chi connectivity index (χ2v) is 7.87. The third-order valence-corrected chi connectivity index (χ3v) is 5.71. The zero-order chi connectivity index (χ0) is 16.4. The van der Waals surface area contributed by atoms with Crippen LogP contribution in [0.25, 0.3) is 0 Å². The van der Waals surface area contributed by atoms with Crippen molar-refractivity contribution in [3.8, 4) is 0 Å². The van der Waals surface area contributed by atoms with Gasteiger partial charge in [0.2, 0.25) is 15.9 Å². The largest absolute Gasteiger partial charge is 0.311 e. The van der Waals surface area contributed by atoms with Gasteiger partial charge in [0.15, 0.2) is 0 Å². The Labute approximate surface area is 143 Å². The highest BCUT2D eigenvalue weighted by molar-refractivity contribution is 9.10. The van der Waals surface area contributed by atoms with Gasteiger partial charge < -0.3 is 4.90 Å². The van der Waals surface area contributed by atoms with Crippen molar-refractivity contribution in [1.29, 1.82) is 0 Å². The molecule has 1 saturated heterocycles. The SMILES string of the molecule is O=C1[C@H](NS(=O)(=O)c2ccc(Br)cc2)CCN1c1ccccc1. The number of hydrogen-bond donors (Lipinski definition) is 1. The van der Waals surface area contributed by atoms with E-state index < -0.39 is 16.1 Å². The number of nitrogens with zero attached hydrogens (tertiary/aromatic N) is 1. The molecule has 0 aliphatic carbocycles. The highest BCUT2D eigenvalue weighted by Crippen LogP contribution is 2.22. The summed E-state index contributed by atoms with van der Waals surface area (Å²) in [5.41, 5.74) is 0.780. The van der Waals surface area contributed by atoms with Crippen LogP contribution in [-0.4, -0.2) is 26.9 Å². The Bertz CT molecular complexity index is 807. The van der Waals surface area contributed by atoms with Gasteiger partial charge in [-0.1, -0.05) is 34.1 Å². The van der Waals surface area contributed by atoms with Gasteiger partial charge in [-0.25, -0.2) is 8.42 Å². The quantitative estimate of drug-likeness (QED) is 0.866. The van der Waals surface area contributed by atoms with Crippen molar-refractivity contribution in [3.63, 3.8) is 0 Å². The fourth-order valence-corrected chi connectivity index (χ4v) is 4.01. The van der Waals surface area contributed by atoms with Gasteiger partial charge in [-0.05, 0) is 42.8 Å². The first kappa shape index (κ1) is 16.2. The summed E-state index contributed by atoms with van der Waals surface area (Å²) in [5, 5.41) is 0. The Morgan fingerprint density at radius 2 is 1.70 bits per heavy atom. The molecule has 1 fully saturated rings. The fourth-order valence-electron chi connectivity index (χ4n) is 2.52. The lowest BCUT2D eigenvalue weighted by molar-refractivity contribution is -0.118. The standard InChI is InChI=1S/C16H15BrN2O3S/c17-12-6-8-14(9-7-12)23(21,22)18-15-10-11-19(16(15)20)13-4-2-1-3-5-13/h1-9,15,18H,10-11H2/t15-/m1/s1. The number of hydrogen-bond acceptors (Lipinski definition) is 3. The molecule has 2 aromatic carbocycles. The predicted molar refractivity (Wildman–Crippen MR) is 91.7 cm³/mol. The lowest BCUT2D eigenvalue weighted by Crippen LogP contribution is -2.41. The number of carbonyl (C=O) groups excluding carboxylic acids is 1. The van der Waals surface area contributed by atoms with Gasteiger partial charge in [-0.2, -0.15) is 4.72 Å². The minimum absolute atomic E-state index is 0.145. The van der Waals surface area contributed by atoms with Crippen molar-refractivity contribution in [1.82, 2.24) is 4.72 Å². The fraction of sp³-hybridized carbons (Fsp3) is 0.188. The Kier molecular flexibility index (Phi) is 4.52. The van der Waals surface area contributed by atoms with E-state index in [2.05, 4.69) is 20.7 Å². The van der Waals surface area contributed by atoms with Gasteiger partial charge >= 0.3 is 0 Å². The number of anilines is 1. The number of amides is 1. The van der Waals surface area contributed by atoms with Crippen LogP contribution in [0.4, 0.5) is 5.69 Å². The van der Waals surface area contributed by atoms with Crippen molar-refractivity contribution in [2.75, 3.05) is 11.4 Å². The van der Waals surface area contributed by atoms with E-state index in [1.54, 1.807) is 17.0 Å². The molecule has 1 amide bonds. The molecule has 1 N–H and O–H groups in total. The van der Waals surface area contributed by atoms with Crippen LogP contribution < -0.4 is 9.62 Å². The first-order chi connectivity index (χ1) is 11.0. The van der Waals surface area contributed by atoms with Crippen molar-refractivity contribution < 1.29 is 13.2 Å². The summed E-state index contributed by atoms with van der Waals surface area (Å²) in [5.74, 6) is -0.225. The molecule has 3 rings (SSSR count). The molecule has 1 aliphatic rings. The van der Waals surface area contributed by atoms with Crippen LogP contribution >= 0.6 is 15.9 Å². The predicted octanol–water partition coefficient (Wildman–Crippen LogP) is 2.53. The van der Waals surface area contributed by atoms with E-state index in [-0.39, 0.29) is 10.8 Å². The number of benzene rings is 2. The lowest BCUT2D eigenvalue weighted by atomic mass is 10.3. The topological polar surface area (TPSA) is 66.5 Å². The second kappa shape index (κ2) is 6.43. The zero-order valence-corrected chi connectivity index (χ0v) is 14.5. The first-order valence-corrected chi connectivity index (χ1v) is 9.39. The number of para-hydroxylation sites is 1. The highest BCUT2D eigenvalue weighted by Gasteiger charge is 2.35. The molecular formula is C16H15BrN2O3S. The molecule has 0 bridgehead atoms. The molecule has 7 heteroatoms. The maximum atomic E-state index is 12.5.